The zero-order valence-electron chi connectivity index (χ0n) is 15.3. The predicted molar refractivity (Wildman–Crippen MR) is 106 cm³/mol. The number of nitrogens with zero attached hydrogens (tertiary/aromatic N) is 4. The Labute approximate surface area is 167 Å². The molecule has 2 aromatic heterocycles. The lowest BCUT2D eigenvalue weighted by atomic mass is 9.78. The minimum atomic E-state index is -0.354. The van der Waals surface area contributed by atoms with Crippen molar-refractivity contribution in [2.45, 2.75) is 31.7 Å². The van der Waals surface area contributed by atoms with Gasteiger partial charge in [-0.2, -0.15) is 10.1 Å². The van der Waals surface area contributed by atoms with Gasteiger partial charge in [-0.25, -0.2) is 4.68 Å². The normalized spacial score (nSPS) is 21.1. The molecule has 0 saturated carbocycles. The van der Waals surface area contributed by atoms with Crippen LogP contribution in [-0.2, 0) is 4.79 Å². The smallest absolute Gasteiger partial charge is 0.226 e. The number of hydrogen-bond donors (Lipinski definition) is 1. The highest BCUT2D eigenvalue weighted by Gasteiger charge is 2.40. The molecule has 2 atom stereocenters. The first-order valence-corrected chi connectivity index (χ1v) is 9.61. The summed E-state index contributed by atoms with van der Waals surface area (Å²) in [6.45, 7) is 1.85. The van der Waals surface area contributed by atoms with Gasteiger partial charge in [-0.05, 0) is 49.1 Å². The molecule has 0 radical (unpaired) electrons. The molecule has 0 unspecified atom stereocenters. The summed E-state index contributed by atoms with van der Waals surface area (Å²) in [7, 11) is 0. The predicted octanol–water partition coefficient (Wildman–Crippen LogP) is 4.05. The summed E-state index contributed by atoms with van der Waals surface area (Å²) >= 11 is 6.02. The van der Waals surface area contributed by atoms with Crippen molar-refractivity contribution in [1.29, 1.82) is 0 Å². The summed E-state index contributed by atoms with van der Waals surface area (Å²) in [6, 6.07) is 13.1. The van der Waals surface area contributed by atoms with Crippen LogP contribution in [0.25, 0.3) is 0 Å². The van der Waals surface area contributed by atoms with Gasteiger partial charge < -0.3 is 5.32 Å². The Kier molecular flexibility index (Phi) is 4.02. The third kappa shape index (κ3) is 2.81. The van der Waals surface area contributed by atoms with Crippen LogP contribution in [0, 0.1) is 6.92 Å². The summed E-state index contributed by atoms with van der Waals surface area (Å²) < 4.78 is 1.77. The minimum absolute atomic E-state index is 0.107. The van der Waals surface area contributed by atoms with Gasteiger partial charge in [0.25, 0.3) is 0 Å². The number of nitrogens with one attached hydrogen (secondary N) is 1. The fraction of sp³-hybridized carbons (Fsp3) is 0.238. The number of anilines is 1. The Balaban J connectivity index is 1.60. The van der Waals surface area contributed by atoms with Crippen molar-refractivity contribution in [3.05, 3.63) is 82.0 Å². The number of aromatic nitrogens is 4. The molecule has 0 amide bonds. The Morgan fingerprint density at radius 3 is 2.71 bits per heavy atom. The molecule has 28 heavy (non-hydrogen) atoms. The SMILES string of the molecule is Cc1nc2n(n1)[C@@H](c1ccccn1)C1=C(C[C@H](c3ccc(Cl)cc3)CC1=O)N2. The van der Waals surface area contributed by atoms with E-state index in [9.17, 15) is 4.79 Å². The van der Waals surface area contributed by atoms with Crippen LogP contribution in [-0.4, -0.2) is 25.5 Å². The van der Waals surface area contributed by atoms with Gasteiger partial charge in [-0.15, -0.1) is 0 Å². The maximum Gasteiger partial charge on any atom is 0.226 e. The molecule has 0 saturated heterocycles. The molecular weight excluding hydrogens is 374 g/mol. The van der Waals surface area contributed by atoms with Gasteiger partial charge in [0.2, 0.25) is 5.95 Å². The van der Waals surface area contributed by atoms with Crippen LogP contribution in [0.5, 0.6) is 0 Å². The molecule has 3 aromatic rings. The molecule has 7 heteroatoms. The fourth-order valence-corrected chi connectivity index (χ4v) is 4.23. The number of benzene rings is 1. The first-order chi connectivity index (χ1) is 13.6. The van der Waals surface area contributed by atoms with Gasteiger partial charge in [0.05, 0.1) is 5.69 Å². The number of allylic oxidation sites excluding steroid dienone is 2. The van der Waals surface area contributed by atoms with Gasteiger partial charge in [0.1, 0.15) is 11.9 Å². The summed E-state index contributed by atoms with van der Waals surface area (Å²) in [5, 5.41) is 8.57. The molecule has 0 fully saturated rings. The molecule has 140 valence electrons. The van der Waals surface area contributed by atoms with E-state index < -0.39 is 0 Å². The number of fused-ring (bicyclic) bond motifs is 1. The largest absolute Gasteiger partial charge is 0.328 e. The average molecular weight is 392 g/mol. The van der Waals surface area contributed by atoms with E-state index in [1.165, 1.54) is 0 Å². The van der Waals surface area contributed by atoms with Crippen molar-refractivity contribution in [1.82, 2.24) is 19.7 Å². The van der Waals surface area contributed by atoms with Crippen molar-refractivity contribution >= 4 is 23.3 Å². The highest BCUT2D eigenvalue weighted by Crippen LogP contribution is 2.43. The van der Waals surface area contributed by atoms with Crippen LogP contribution in [0.2, 0.25) is 5.02 Å². The number of ketones is 1. The zero-order chi connectivity index (χ0) is 19.3. The first-order valence-electron chi connectivity index (χ1n) is 9.23. The summed E-state index contributed by atoms with van der Waals surface area (Å²) in [5.74, 6) is 1.53. The van der Waals surface area contributed by atoms with Crippen LogP contribution >= 0.6 is 11.6 Å². The van der Waals surface area contributed by atoms with Gasteiger partial charge in [0, 0.05) is 28.9 Å². The van der Waals surface area contributed by atoms with Crippen molar-refractivity contribution in [3.63, 3.8) is 0 Å². The number of Topliss-reactive ketones (excluding diaryl/α,β-unsaturated/α-hetero) is 1. The van der Waals surface area contributed by atoms with Crippen molar-refractivity contribution in [3.8, 4) is 0 Å². The van der Waals surface area contributed by atoms with Crippen molar-refractivity contribution in [2.75, 3.05) is 5.32 Å². The van der Waals surface area contributed by atoms with E-state index in [1.807, 2.05) is 49.4 Å². The van der Waals surface area contributed by atoms with E-state index in [0.29, 0.717) is 23.2 Å². The van der Waals surface area contributed by atoms with E-state index in [1.54, 1.807) is 10.9 Å². The average Bonchev–Trinajstić information content (AvgIpc) is 3.07. The Morgan fingerprint density at radius 1 is 1.14 bits per heavy atom. The lowest BCUT2D eigenvalue weighted by Crippen LogP contribution is -2.34. The van der Waals surface area contributed by atoms with Gasteiger partial charge >= 0.3 is 0 Å². The molecule has 1 N–H and O–H groups in total. The van der Waals surface area contributed by atoms with Crippen molar-refractivity contribution < 1.29 is 4.79 Å². The Bertz CT molecular complexity index is 1090. The van der Waals surface area contributed by atoms with E-state index in [0.717, 1.165) is 28.9 Å². The number of aryl methyl sites for hydroxylation is 1. The molecule has 1 aromatic carbocycles. The van der Waals surface area contributed by atoms with E-state index in [2.05, 4.69) is 20.4 Å². The highest BCUT2D eigenvalue weighted by molar-refractivity contribution is 6.30. The van der Waals surface area contributed by atoms with Gasteiger partial charge in [-0.1, -0.05) is 29.8 Å². The van der Waals surface area contributed by atoms with Gasteiger partial charge in [-0.3, -0.25) is 9.78 Å². The molecule has 3 heterocycles. The third-order valence-electron chi connectivity index (χ3n) is 5.34. The second kappa shape index (κ2) is 6.56. The number of halogens is 1. The fourth-order valence-electron chi connectivity index (χ4n) is 4.10. The van der Waals surface area contributed by atoms with Crippen molar-refractivity contribution in [2.24, 2.45) is 0 Å². The molecule has 0 spiro atoms. The number of rotatable bonds is 2. The molecule has 1 aliphatic carbocycles. The van der Waals surface area contributed by atoms with E-state index in [-0.39, 0.29) is 17.7 Å². The molecular formula is C21H18ClN5O. The summed E-state index contributed by atoms with van der Waals surface area (Å²) in [5.41, 5.74) is 3.55. The number of hydrogen-bond acceptors (Lipinski definition) is 5. The second-order valence-corrected chi connectivity index (χ2v) is 7.62. The number of carbonyl (C=O) groups is 1. The zero-order valence-corrected chi connectivity index (χ0v) is 16.0. The number of pyridine rings is 1. The van der Waals surface area contributed by atoms with Crippen LogP contribution in [0.1, 0.15) is 41.9 Å². The lowest BCUT2D eigenvalue weighted by molar-refractivity contribution is -0.116. The third-order valence-corrected chi connectivity index (χ3v) is 5.59. The topological polar surface area (TPSA) is 72.7 Å². The van der Waals surface area contributed by atoms with E-state index in [4.69, 9.17) is 11.6 Å². The quantitative estimate of drug-likeness (QED) is 0.713. The van der Waals surface area contributed by atoms with E-state index >= 15 is 0 Å². The number of carbonyl (C=O) groups excluding carboxylic acids is 1. The first kappa shape index (κ1) is 17.1. The summed E-state index contributed by atoms with van der Waals surface area (Å²) in [4.78, 5) is 22.3. The molecule has 1 aliphatic heterocycles. The molecule has 0 bridgehead atoms. The van der Waals surface area contributed by atoms with Crippen LogP contribution in [0.15, 0.2) is 59.9 Å². The molecule has 6 nitrogen and oxygen atoms in total. The maximum absolute atomic E-state index is 13.3. The van der Waals surface area contributed by atoms with Gasteiger partial charge in [0.15, 0.2) is 5.78 Å². The Hall–Kier alpha value is -2.99. The molecule has 5 rings (SSSR count). The highest BCUT2D eigenvalue weighted by atomic mass is 35.5. The minimum Gasteiger partial charge on any atom is -0.328 e. The second-order valence-electron chi connectivity index (χ2n) is 7.18. The Morgan fingerprint density at radius 2 is 1.96 bits per heavy atom. The standard InChI is InChI=1S/C21H18ClN5O/c1-12-24-21-25-17-10-14(13-5-7-15(22)8-6-13)11-18(28)19(17)20(27(21)26-12)16-4-2-3-9-23-16/h2-9,14,20H,10-11H2,1H3,(H,24,25,26)/t14-,20-/m0/s1. The van der Waals surface area contributed by atoms with Crippen LogP contribution in [0.4, 0.5) is 5.95 Å². The summed E-state index contributed by atoms with van der Waals surface area (Å²) in [6.07, 6.45) is 2.93. The molecule has 2 aliphatic rings. The lowest BCUT2D eigenvalue weighted by Gasteiger charge is -2.34. The van der Waals surface area contributed by atoms with Crippen LogP contribution in [0.3, 0.4) is 0 Å². The maximum atomic E-state index is 13.3. The monoisotopic (exact) mass is 391 g/mol. The van der Waals surface area contributed by atoms with Crippen LogP contribution < -0.4 is 5.32 Å².